The molecule has 9 atom stereocenters. The van der Waals surface area contributed by atoms with Crippen molar-refractivity contribution in [3.63, 3.8) is 0 Å². The summed E-state index contributed by atoms with van der Waals surface area (Å²) >= 11 is 0. The van der Waals surface area contributed by atoms with Crippen LogP contribution in [0.4, 0.5) is 0 Å². The number of ether oxygens (including phenoxy) is 1. The van der Waals surface area contributed by atoms with E-state index in [0.717, 1.165) is 48.8 Å². The number of para-hydroxylation sites is 2. The lowest BCUT2D eigenvalue weighted by atomic mass is 9.35. The summed E-state index contributed by atoms with van der Waals surface area (Å²) in [5, 5.41) is 12.0. The van der Waals surface area contributed by atoms with Gasteiger partial charge in [-0.1, -0.05) is 46.8 Å². The van der Waals surface area contributed by atoms with Crippen LogP contribution in [0.15, 0.2) is 24.3 Å². The average Bonchev–Trinajstić information content (AvgIpc) is 3.41. The molecule has 4 fully saturated rings. The van der Waals surface area contributed by atoms with Crippen molar-refractivity contribution in [2.75, 3.05) is 0 Å². The van der Waals surface area contributed by atoms with Crippen LogP contribution in [0.1, 0.15) is 97.9 Å². The number of aromatic nitrogens is 2. The van der Waals surface area contributed by atoms with Gasteiger partial charge in [-0.05, 0) is 98.0 Å². The Balaban J connectivity index is 1.31. The number of cyclic esters (lactones) is 1. The van der Waals surface area contributed by atoms with Gasteiger partial charge in [-0.15, -0.1) is 0 Å². The van der Waals surface area contributed by atoms with Gasteiger partial charge in [0, 0.05) is 17.8 Å². The Morgan fingerprint density at radius 1 is 0.895 bits per heavy atom. The number of carbonyl (C=O) groups is 1. The Morgan fingerprint density at radius 2 is 1.58 bits per heavy atom. The van der Waals surface area contributed by atoms with Gasteiger partial charge in [0.2, 0.25) is 0 Å². The van der Waals surface area contributed by atoms with Crippen LogP contribution in [0.3, 0.4) is 0 Å². The molecule has 0 unspecified atom stereocenters. The Kier molecular flexibility index (Phi) is 4.99. The molecule has 1 aromatic carbocycles. The monoisotopic (exact) mass is 516 g/mol. The third-order valence-corrected chi connectivity index (χ3v) is 13.3. The topological polar surface area (TPSA) is 72.3 Å². The number of hydrogen-bond donors (Lipinski definition) is 1. The first-order valence-corrected chi connectivity index (χ1v) is 15.0. The van der Waals surface area contributed by atoms with E-state index in [0.29, 0.717) is 18.3 Å². The Hall–Kier alpha value is -2.01. The van der Waals surface area contributed by atoms with Crippen molar-refractivity contribution < 1.29 is 14.6 Å². The summed E-state index contributed by atoms with van der Waals surface area (Å²) in [6, 6.07) is 8.27. The average molecular weight is 517 g/mol. The van der Waals surface area contributed by atoms with Crippen LogP contribution < -0.4 is 0 Å². The quantitative estimate of drug-likeness (QED) is 0.444. The van der Waals surface area contributed by atoms with E-state index >= 15 is 0 Å². The van der Waals surface area contributed by atoms with E-state index in [4.69, 9.17) is 14.7 Å². The van der Waals surface area contributed by atoms with Gasteiger partial charge < -0.3 is 9.84 Å². The van der Waals surface area contributed by atoms with Crippen molar-refractivity contribution in [1.82, 2.24) is 9.97 Å². The zero-order chi connectivity index (χ0) is 26.9. The van der Waals surface area contributed by atoms with Gasteiger partial charge in [-0.25, -0.2) is 9.97 Å². The van der Waals surface area contributed by atoms with E-state index in [9.17, 15) is 9.90 Å². The number of fused-ring (bicyclic) bond motifs is 7. The first kappa shape index (κ1) is 25.0. The van der Waals surface area contributed by atoms with E-state index in [1.54, 1.807) is 0 Å². The summed E-state index contributed by atoms with van der Waals surface area (Å²) in [6.07, 6.45) is 7.19. The standard InChI is InChI=1S/C33H44N2O3/c1-29(2)24-12-15-31(4)25(30(24,3)18-22-28(29)35-21-10-8-7-9-20(21)34-22)17-23(36)27-19(11-14-32(27,31)5)33(6)16-13-26(37)38-33/h7-10,19,23-25,27,36H,11-18H2,1-6H3/t19-,23+,24-,25+,27-,30-,31+,32+,33-/m0/s1. The van der Waals surface area contributed by atoms with Crippen LogP contribution in [0, 0.1) is 39.9 Å². The van der Waals surface area contributed by atoms with Crippen LogP contribution >= 0.6 is 0 Å². The summed E-state index contributed by atoms with van der Waals surface area (Å²) in [5.41, 5.74) is 3.98. The predicted octanol–water partition coefficient (Wildman–Crippen LogP) is 6.40. The number of aliphatic hydroxyl groups is 1. The number of esters is 1. The minimum absolute atomic E-state index is 0.0193. The molecule has 1 N–H and O–H groups in total. The molecule has 5 heteroatoms. The van der Waals surface area contributed by atoms with Crippen molar-refractivity contribution in [3.05, 3.63) is 35.7 Å². The highest BCUT2D eigenvalue weighted by Crippen LogP contribution is 2.75. The second kappa shape index (κ2) is 7.59. The number of carbonyl (C=O) groups excluding carboxylic acids is 1. The molecule has 2 heterocycles. The first-order chi connectivity index (χ1) is 17.8. The first-order valence-electron chi connectivity index (χ1n) is 15.0. The second-order valence-corrected chi connectivity index (χ2v) is 15.2. The minimum Gasteiger partial charge on any atom is -0.459 e. The van der Waals surface area contributed by atoms with Gasteiger partial charge in [-0.2, -0.15) is 0 Å². The zero-order valence-corrected chi connectivity index (χ0v) is 24.0. The molecule has 38 heavy (non-hydrogen) atoms. The minimum atomic E-state index is -0.437. The summed E-state index contributed by atoms with van der Waals surface area (Å²) in [4.78, 5) is 22.6. The third kappa shape index (κ3) is 2.95. The maximum atomic E-state index is 12.2. The highest BCUT2D eigenvalue weighted by atomic mass is 16.6. The lowest BCUT2D eigenvalue weighted by Crippen LogP contribution is -2.66. The Labute approximate surface area is 227 Å². The molecule has 4 aliphatic carbocycles. The third-order valence-electron chi connectivity index (χ3n) is 13.3. The van der Waals surface area contributed by atoms with Crippen molar-refractivity contribution in [2.45, 2.75) is 110 Å². The lowest BCUT2D eigenvalue weighted by Gasteiger charge is -2.69. The van der Waals surface area contributed by atoms with Crippen molar-refractivity contribution >= 4 is 17.0 Å². The van der Waals surface area contributed by atoms with Gasteiger partial charge in [0.15, 0.2) is 0 Å². The molecular weight excluding hydrogens is 472 g/mol. The number of hydrogen-bond acceptors (Lipinski definition) is 5. The molecule has 0 bridgehead atoms. The molecule has 0 radical (unpaired) electrons. The van der Waals surface area contributed by atoms with Crippen LogP contribution in [-0.2, 0) is 21.4 Å². The maximum absolute atomic E-state index is 12.2. The van der Waals surface area contributed by atoms with Crippen molar-refractivity contribution in [3.8, 4) is 0 Å². The maximum Gasteiger partial charge on any atom is 0.306 e. The van der Waals surface area contributed by atoms with Crippen molar-refractivity contribution in [1.29, 1.82) is 0 Å². The normalized spacial score (nSPS) is 47.1. The highest BCUT2D eigenvalue weighted by Gasteiger charge is 2.72. The molecule has 1 saturated heterocycles. The fraction of sp³-hybridized carbons (Fsp3) is 0.727. The molecule has 5 aliphatic rings. The number of aliphatic hydroxyl groups excluding tert-OH is 1. The van der Waals surface area contributed by atoms with E-state index in [-0.39, 0.29) is 45.6 Å². The summed E-state index contributed by atoms with van der Waals surface area (Å²) < 4.78 is 5.99. The summed E-state index contributed by atoms with van der Waals surface area (Å²) in [7, 11) is 0. The molecule has 1 aromatic heterocycles. The van der Waals surface area contributed by atoms with E-state index in [1.165, 1.54) is 18.5 Å². The van der Waals surface area contributed by atoms with Gasteiger partial charge in [0.05, 0.1) is 28.5 Å². The number of benzene rings is 1. The van der Waals surface area contributed by atoms with Gasteiger partial charge in [0.1, 0.15) is 5.60 Å². The molecule has 0 amide bonds. The lowest BCUT2D eigenvalue weighted by molar-refractivity contribution is -0.224. The van der Waals surface area contributed by atoms with E-state index in [1.807, 2.05) is 0 Å². The van der Waals surface area contributed by atoms with Gasteiger partial charge >= 0.3 is 5.97 Å². The molecule has 3 saturated carbocycles. The van der Waals surface area contributed by atoms with E-state index < -0.39 is 5.60 Å². The van der Waals surface area contributed by atoms with Crippen LogP contribution in [0.5, 0.6) is 0 Å². The number of rotatable bonds is 1. The molecular formula is C33H44N2O3. The molecule has 0 spiro atoms. The van der Waals surface area contributed by atoms with E-state index in [2.05, 4.69) is 65.8 Å². The Bertz CT molecular complexity index is 1340. The largest absolute Gasteiger partial charge is 0.459 e. The SMILES string of the molecule is CC1(C)c2nc3ccccc3nc2C[C@]2(C)[C@H]3C[C@@H](O)[C@@H]4[C@@H]([C@]5(C)CCC(=O)O5)CC[C@@]4(C)[C@]3(C)CC[C@@H]12. The molecule has 204 valence electrons. The second-order valence-electron chi connectivity index (χ2n) is 15.2. The highest BCUT2D eigenvalue weighted by molar-refractivity contribution is 5.74. The predicted molar refractivity (Wildman–Crippen MR) is 147 cm³/mol. The Morgan fingerprint density at radius 3 is 2.26 bits per heavy atom. The summed E-state index contributed by atoms with van der Waals surface area (Å²) in [6.45, 7) is 14.5. The smallest absolute Gasteiger partial charge is 0.306 e. The van der Waals surface area contributed by atoms with Crippen LogP contribution in [-0.4, -0.2) is 32.7 Å². The van der Waals surface area contributed by atoms with Crippen molar-refractivity contribution in [2.24, 2.45) is 39.9 Å². The molecule has 2 aromatic rings. The van der Waals surface area contributed by atoms with Gasteiger partial charge in [-0.3, -0.25) is 4.79 Å². The summed E-state index contributed by atoms with van der Waals surface area (Å²) in [5.74, 6) is 1.24. The fourth-order valence-electron chi connectivity index (χ4n) is 11.4. The number of nitrogens with zero attached hydrogens (tertiary/aromatic N) is 2. The molecule has 7 rings (SSSR count). The molecule has 1 aliphatic heterocycles. The zero-order valence-electron chi connectivity index (χ0n) is 24.0. The fourth-order valence-corrected chi connectivity index (χ4v) is 11.4. The molecule has 5 nitrogen and oxygen atoms in total. The van der Waals surface area contributed by atoms with Crippen LogP contribution in [0.25, 0.3) is 11.0 Å². The van der Waals surface area contributed by atoms with Gasteiger partial charge in [0.25, 0.3) is 0 Å². The van der Waals surface area contributed by atoms with Crippen LogP contribution in [0.2, 0.25) is 0 Å².